The van der Waals surface area contributed by atoms with Gasteiger partial charge in [-0.05, 0) is 42.2 Å². The quantitative estimate of drug-likeness (QED) is 0.702. The van der Waals surface area contributed by atoms with Gasteiger partial charge in [-0.3, -0.25) is 14.6 Å². The summed E-state index contributed by atoms with van der Waals surface area (Å²) in [6, 6.07) is 11.5. The van der Waals surface area contributed by atoms with Crippen molar-refractivity contribution < 1.29 is 19.1 Å². The summed E-state index contributed by atoms with van der Waals surface area (Å²) in [6.45, 7) is 1.85. The predicted octanol–water partition coefficient (Wildman–Crippen LogP) is 2.26. The number of carbonyl (C=O) groups is 2. The molecular formula is C23H27N3O4. The van der Waals surface area contributed by atoms with Crippen molar-refractivity contribution in [2.45, 2.75) is 32.1 Å². The van der Waals surface area contributed by atoms with Gasteiger partial charge >= 0.3 is 0 Å². The highest BCUT2D eigenvalue weighted by atomic mass is 16.5. The average Bonchev–Trinajstić information content (AvgIpc) is 3.63. The Balaban J connectivity index is 1.47. The van der Waals surface area contributed by atoms with Crippen molar-refractivity contribution in [2.24, 2.45) is 5.92 Å². The lowest BCUT2D eigenvalue weighted by Gasteiger charge is -2.25. The highest BCUT2D eigenvalue weighted by Crippen LogP contribution is 2.31. The lowest BCUT2D eigenvalue weighted by molar-refractivity contribution is -0.139. The van der Waals surface area contributed by atoms with Crippen LogP contribution in [0.15, 0.2) is 48.8 Å². The second kappa shape index (κ2) is 9.26. The van der Waals surface area contributed by atoms with Crippen LogP contribution in [-0.2, 0) is 27.5 Å². The van der Waals surface area contributed by atoms with Gasteiger partial charge < -0.3 is 19.3 Å². The molecule has 0 bridgehead atoms. The molecule has 0 radical (unpaired) electrons. The number of amides is 2. The second-order valence-electron chi connectivity index (χ2n) is 7.91. The number of methoxy groups -OCH3 is 1. The number of nitrogens with zero attached hydrogens (tertiary/aromatic N) is 3. The van der Waals surface area contributed by atoms with E-state index in [4.69, 9.17) is 9.47 Å². The minimum absolute atomic E-state index is 0.0488. The van der Waals surface area contributed by atoms with Crippen LogP contribution < -0.4 is 4.74 Å². The summed E-state index contributed by atoms with van der Waals surface area (Å²) >= 11 is 0. The first-order chi connectivity index (χ1) is 14.6. The van der Waals surface area contributed by atoms with Crippen LogP contribution in [-0.4, -0.2) is 59.4 Å². The van der Waals surface area contributed by atoms with E-state index in [2.05, 4.69) is 4.98 Å². The molecule has 1 aliphatic heterocycles. The van der Waals surface area contributed by atoms with E-state index in [1.165, 1.54) is 0 Å². The molecule has 4 rings (SSSR count). The number of rotatable bonds is 7. The van der Waals surface area contributed by atoms with Gasteiger partial charge in [-0.2, -0.15) is 0 Å². The largest absolute Gasteiger partial charge is 0.497 e. The first-order valence-corrected chi connectivity index (χ1v) is 10.3. The maximum Gasteiger partial charge on any atom is 0.242 e. The monoisotopic (exact) mass is 409 g/mol. The standard InChI is InChI=1S/C23H27N3O4/c1-29-20-8-4-17(5-9-20)12-25-13-21(30-16-18-3-2-10-24-11-18)14-26(15-22(25)27)23(28)19-6-7-19/h2-5,8-11,19,21H,6-7,12-16H2,1H3. The molecule has 2 fully saturated rings. The van der Waals surface area contributed by atoms with Crippen LogP contribution in [0.5, 0.6) is 5.75 Å². The van der Waals surface area contributed by atoms with Gasteiger partial charge in [0.15, 0.2) is 0 Å². The number of hydrogen-bond donors (Lipinski definition) is 0. The van der Waals surface area contributed by atoms with Crippen LogP contribution in [0.2, 0.25) is 0 Å². The van der Waals surface area contributed by atoms with E-state index in [1.54, 1.807) is 29.3 Å². The molecule has 1 saturated heterocycles. The molecule has 2 aromatic rings. The Morgan fingerprint density at radius 3 is 2.60 bits per heavy atom. The zero-order chi connectivity index (χ0) is 20.9. The Hall–Kier alpha value is -2.93. The molecule has 30 heavy (non-hydrogen) atoms. The third-order valence-electron chi connectivity index (χ3n) is 5.51. The van der Waals surface area contributed by atoms with E-state index < -0.39 is 0 Å². The van der Waals surface area contributed by atoms with Crippen LogP contribution in [0.3, 0.4) is 0 Å². The van der Waals surface area contributed by atoms with Crippen molar-refractivity contribution in [1.29, 1.82) is 0 Å². The van der Waals surface area contributed by atoms with E-state index in [9.17, 15) is 9.59 Å². The summed E-state index contributed by atoms with van der Waals surface area (Å²) in [7, 11) is 1.63. The maximum atomic E-state index is 13.0. The Bertz CT molecular complexity index is 868. The molecule has 158 valence electrons. The molecule has 0 spiro atoms. The molecule has 2 amide bonds. The summed E-state index contributed by atoms with van der Waals surface area (Å²) in [5.41, 5.74) is 1.98. The SMILES string of the molecule is COc1ccc(CN2CC(OCc3cccnc3)CN(C(=O)C3CC3)CC2=O)cc1. The Morgan fingerprint density at radius 2 is 1.93 bits per heavy atom. The third kappa shape index (κ3) is 5.16. The van der Waals surface area contributed by atoms with Crippen molar-refractivity contribution in [3.05, 3.63) is 59.9 Å². The van der Waals surface area contributed by atoms with E-state index in [-0.39, 0.29) is 30.4 Å². The van der Waals surface area contributed by atoms with E-state index in [0.29, 0.717) is 26.2 Å². The Kier molecular flexibility index (Phi) is 6.28. The van der Waals surface area contributed by atoms with Gasteiger partial charge in [0.25, 0.3) is 0 Å². The minimum Gasteiger partial charge on any atom is -0.497 e. The van der Waals surface area contributed by atoms with Crippen molar-refractivity contribution in [1.82, 2.24) is 14.8 Å². The molecule has 1 aromatic heterocycles. The number of hydrogen-bond acceptors (Lipinski definition) is 5. The lowest BCUT2D eigenvalue weighted by Crippen LogP contribution is -2.40. The van der Waals surface area contributed by atoms with Crippen molar-refractivity contribution in [3.63, 3.8) is 0 Å². The van der Waals surface area contributed by atoms with Crippen LogP contribution in [0, 0.1) is 5.92 Å². The maximum absolute atomic E-state index is 13.0. The normalized spacial score (nSPS) is 19.5. The van der Waals surface area contributed by atoms with Crippen LogP contribution in [0.25, 0.3) is 0 Å². The lowest BCUT2D eigenvalue weighted by atomic mass is 10.2. The van der Waals surface area contributed by atoms with Crippen molar-refractivity contribution >= 4 is 11.8 Å². The van der Waals surface area contributed by atoms with E-state index in [1.807, 2.05) is 36.4 Å². The van der Waals surface area contributed by atoms with Gasteiger partial charge in [-0.1, -0.05) is 18.2 Å². The van der Waals surface area contributed by atoms with E-state index in [0.717, 1.165) is 29.7 Å². The number of pyridine rings is 1. The topological polar surface area (TPSA) is 72.0 Å². The Morgan fingerprint density at radius 1 is 1.13 bits per heavy atom. The molecule has 1 aliphatic carbocycles. The Labute approximate surface area is 176 Å². The molecule has 1 saturated carbocycles. The zero-order valence-corrected chi connectivity index (χ0v) is 17.2. The van der Waals surface area contributed by atoms with Gasteiger partial charge in [0, 0.05) is 37.9 Å². The van der Waals surface area contributed by atoms with Crippen LogP contribution in [0.1, 0.15) is 24.0 Å². The fraction of sp³-hybridized carbons (Fsp3) is 0.435. The minimum atomic E-state index is -0.252. The molecular weight excluding hydrogens is 382 g/mol. The van der Waals surface area contributed by atoms with Crippen molar-refractivity contribution in [2.75, 3.05) is 26.7 Å². The fourth-order valence-corrected chi connectivity index (χ4v) is 3.64. The third-order valence-corrected chi connectivity index (χ3v) is 5.51. The predicted molar refractivity (Wildman–Crippen MR) is 111 cm³/mol. The summed E-state index contributed by atoms with van der Waals surface area (Å²) in [5, 5.41) is 0. The van der Waals surface area contributed by atoms with Gasteiger partial charge in [0.05, 0.1) is 26.4 Å². The molecule has 2 heterocycles. The van der Waals surface area contributed by atoms with Crippen LogP contribution in [0.4, 0.5) is 0 Å². The molecule has 2 aliphatic rings. The van der Waals surface area contributed by atoms with Gasteiger partial charge in [0.1, 0.15) is 5.75 Å². The zero-order valence-electron chi connectivity index (χ0n) is 17.2. The fourth-order valence-electron chi connectivity index (χ4n) is 3.64. The summed E-state index contributed by atoms with van der Waals surface area (Å²) < 4.78 is 11.3. The molecule has 7 nitrogen and oxygen atoms in total. The smallest absolute Gasteiger partial charge is 0.242 e. The second-order valence-corrected chi connectivity index (χ2v) is 7.91. The van der Waals surface area contributed by atoms with Gasteiger partial charge in [-0.25, -0.2) is 0 Å². The van der Waals surface area contributed by atoms with Gasteiger partial charge in [-0.15, -0.1) is 0 Å². The first-order valence-electron chi connectivity index (χ1n) is 10.3. The van der Waals surface area contributed by atoms with Gasteiger partial charge in [0.2, 0.25) is 11.8 Å². The highest BCUT2D eigenvalue weighted by molar-refractivity contribution is 5.87. The molecule has 1 aromatic carbocycles. The number of aromatic nitrogens is 1. The van der Waals surface area contributed by atoms with E-state index >= 15 is 0 Å². The molecule has 7 heteroatoms. The highest BCUT2D eigenvalue weighted by Gasteiger charge is 2.38. The average molecular weight is 409 g/mol. The summed E-state index contributed by atoms with van der Waals surface area (Å²) in [6.07, 6.45) is 5.07. The molecule has 1 atom stereocenters. The molecule has 0 N–H and O–H groups in total. The number of ether oxygens (including phenoxy) is 2. The van der Waals surface area contributed by atoms with Crippen LogP contribution >= 0.6 is 0 Å². The summed E-state index contributed by atoms with van der Waals surface area (Å²) in [4.78, 5) is 33.2. The first kappa shape index (κ1) is 20.3. The number of benzene rings is 1. The van der Waals surface area contributed by atoms with Crippen molar-refractivity contribution in [3.8, 4) is 5.75 Å². The summed E-state index contributed by atoms with van der Waals surface area (Å²) in [5.74, 6) is 0.877. The number of carbonyl (C=O) groups excluding carboxylic acids is 2. The molecule has 1 unspecified atom stereocenters.